The van der Waals surface area contributed by atoms with Gasteiger partial charge in [-0.05, 0) is 54.6 Å². The number of alkyl halides is 1. The van der Waals surface area contributed by atoms with E-state index in [-0.39, 0.29) is 38.2 Å². The molecule has 280 valence electrons. The van der Waals surface area contributed by atoms with Crippen LogP contribution in [0.3, 0.4) is 0 Å². The van der Waals surface area contributed by atoms with E-state index in [1.54, 1.807) is 0 Å². The highest BCUT2D eigenvalue weighted by molar-refractivity contribution is 7.94. The highest BCUT2D eigenvalue weighted by Gasteiger charge is 2.20. The number of rotatable bonds is 17. The summed E-state index contributed by atoms with van der Waals surface area (Å²) in [5.41, 5.74) is 0.568. The normalized spacial score (nSPS) is 12.4. The third kappa shape index (κ3) is 12.0. The van der Waals surface area contributed by atoms with Gasteiger partial charge in [0.05, 0.1) is 44.6 Å². The van der Waals surface area contributed by atoms with E-state index in [1.165, 1.54) is 36.4 Å². The van der Waals surface area contributed by atoms with Gasteiger partial charge in [0, 0.05) is 28.3 Å². The van der Waals surface area contributed by atoms with E-state index in [0.29, 0.717) is 23.5 Å². The number of aromatic hydroxyl groups is 1. The van der Waals surface area contributed by atoms with E-state index >= 15 is 0 Å². The van der Waals surface area contributed by atoms with Crippen LogP contribution in [0.2, 0.25) is 0 Å². The summed E-state index contributed by atoms with van der Waals surface area (Å²) in [6, 6.07) is 8.79. The van der Waals surface area contributed by atoms with Gasteiger partial charge in [-0.1, -0.05) is 11.6 Å². The van der Waals surface area contributed by atoms with Gasteiger partial charge in [0.2, 0.25) is 5.84 Å². The van der Waals surface area contributed by atoms with Crippen LogP contribution in [0.25, 0.3) is 0 Å². The smallest absolute Gasteiger partial charge is 0.337 e. The molecule has 0 aliphatic carbocycles. The number of halogens is 1. The number of hydrogen-bond donors (Lipinski definition) is 7. The maximum atomic E-state index is 12.5. The number of hydrogen-bond acceptors (Lipinski definition) is 16. The Morgan fingerprint density at radius 2 is 1.63 bits per heavy atom. The number of nitrogens with one attached hydrogen (secondary N) is 3. The minimum atomic E-state index is -4.99. The van der Waals surface area contributed by atoms with Gasteiger partial charge >= 0.3 is 12.0 Å². The molecule has 0 unspecified atom stereocenters. The summed E-state index contributed by atoms with van der Waals surface area (Å²) < 4.78 is 86.3. The Bertz CT molecular complexity index is 2220. The number of hydrazone groups is 1. The van der Waals surface area contributed by atoms with Gasteiger partial charge < -0.3 is 20.8 Å². The van der Waals surface area contributed by atoms with Crippen molar-refractivity contribution in [1.29, 1.82) is 0 Å². The molecule has 2 amide bonds. The van der Waals surface area contributed by atoms with E-state index < -0.39 is 81.9 Å². The number of carboxylic acid groups (broad SMARTS) is 1. The summed E-state index contributed by atoms with van der Waals surface area (Å²) in [5, 5.41) is 49.4. The SMILES string of the molecule is C=CS(=O)(=O)CCNC(=O)Nc1cc(S(=O)(=O)O)cc(NN=C(N=Nc2cc(SOOO)ccc2C(=O)O)c2ccc(S(=O)(=O)CCCl)cc2)c1O. The van der Waals surface area contributed by atoms with Crippen LogP contribution in [0.5, 0.6) is 5.75 Å². The molecular weight excluding hydrogens is 796 g/mol. The quantitative estimate of drug-likeness (QED) is 0.0116. The van der Waals surface area contributed by atoms with Crippen molar-refractivity contribution in [2.75, 3.05) is 34.7 Å². The first-order chi connectivity index (χ1) is 24.4. The van der Waals surface area contributed by atoms with Crippen LogP contribution in [0.15, 0.2) is 96.6 Å². The van der Waals surface area contributed by atoms with Crippen LogP contribution in [0.4, 0.5) is 21.9 Å². The lowest BCUT2D eigenvalue weighted by Crippen LogP contribution is -2.32. The lowest BCUT2D eigenvalue weighted by Gasteiger charge is -2.13. The number of carbonyl (C=O) groups excluding carboxylic acids is 1. The molecule has 7 N–H and O–H groups in total. The Morgan fingerprint density at radius 3 is 2.23 bits per heavy atom. The van der Waals surface area contributed by atoms with Crippen LogP contribution in [-0.2, 0) is 39.2 Å². The highest BCUT2D eigenvalue weighted by atomic mass is 35.5. The Morgan fingerprint density at radius 1 is 0.962 bits per heavy atom. The Labute approximate surface area is 304 Å². The summed E-state index contributed by atoms with van der Waals surface area (Å²) >= 11 is 6.08. The first-order valence-corrected chi connectivity index (χ1v) is 19.9. The lowest BCUT2D eigenvalue weighted by atomic mass is 10.2. The second-order valence-corrected chi connectivity index (χ2v) is 16.5. The van der Waals surface area contributed by atoms with Crippen molar-refractivity contribution in [3.05, 3.63) is 77.7 Å². The summed E-state index contributed by atoms with van der Waals surface area (Å²) in [7, 11) is -12.4. The maximum Gasteiger partial charge on any atom is 0.337 e. The second-order valence-electron chi connectivity index (χ2n) is 9.75. The Hall–Kier alpha value is -4.66. The number of nitrogens with zero attached hydrogens (tertiary/aromatic N) is 3. The molecule has 3 rings (SSSR count). The summed E-state index contributed by atoms with van der Waals surface area (Å²) in [4.78, 5) is 23.5. The fourth-order valence-corrected chi connectivity index (χ4v) is 6.84. The predicted molar refractivity (Wildman–Crippen MR) is 187 cm³/mol. The van der Waals surface area contributed by atoms with Gasteiger partial charge in [-0.2, -0.15) is 13.5 Å². The molecule has 0 radical (unpaired) electrons. The summed E-state index contributed by atoms with van der Waals surface area (Å²) in [5.74, 6) is -3.77. The Kier molecular flexibility index (Phi) is 14.6. The molecule has 0 aliphatic rings. The number of benzene rings is 3. The van der Waals surface area contributed by atoms with E-state index in [1.807, 2.05) is 0 Å². The molecule has 20 nitrogen and oxygen atoms in total. The van der Waals surface area contributed by atoms with Crippen LogP contribution < -0.4 is 16.1 Å². The first kappa shape index (κ1) is 41.8. The van der Waals surface area contributed by atoms with Gasteiger partial charge in [0.1, 0.15) is 11.4 Å². The number of urea groups is 1. The number of amidine groups is 1. The van der Waals surface area contributed by atoms with Crippen molar-refractivity contribution >= 4 is 88.3 Å². The topological polar surface area (TPSA) is 309 Å². The fourth-order valence-electron chi connectivity index (χ4n) is 3.77. The van der Waals surface area contributed by atoms with Crippen LogP contribution >= 0.6 is 23.6 Å². The van der Waals surface area contributed by atoms with Crippen LogP contribution in [0.1, 0.15) is 15.9 Å². The Balaban J connectivity index is 2.11. The molecular formula is C27H27ClN6O14S4. The molecule has 0 bridgehead atoms. The fraction of sp³-hybridized carbons (Fsp3) is 0.148. The molecule has 0 aliphatic heterocycles. The molecule has 0 fully saturated rings. The molecule has 0 aromatic heterocycles. The van der Waals surface area contributed by atoms with E-state index in [4.69, 9.17) is 16.9 Å². The van der Waals surface area contributed by atoms with E-state index in [2.05, 4.69) is 47.3 Å². The molecule has 0 heterocycles. The minimum absolute atomic E-state index is 0.0399. The van der Waals surface area contributed by atoms with E-state index in [0.717, 1.165) is 12.1 Å². The summed E-state index contributed by atoms with van der Waals surface area (Å²) in [6.45, 7) is 2.74. The third-order valence-corrected chi connectivity index (χ3v) is 11.1. The molecule has 25 heteroatoms. The zero-order chi connectivity index (χ0) is 38.7. The number of carboxylic acids is 1. The van der Waals surface area contributed by atoms with Gasteiger partial charge in [0.15, 0.2) is 25.4 Å². The largest absolute Gasteiger partial charge is 0.504 e. The molecule has 0 spiro atoms. The molecule has 0 atom stereocenters. The number of aromatic carboxylic acids is 1. The van der Waals surface area contributed by atoms with Gasteiger partial charge in [-0.15, -0.1) is 26.2 Å². The van der Waals surface area contributed by atoms with Crippen molar-refractivity contribution in [1.82, 2.24) is 5.32 Å². The number of phenols is 1. The van der Waals surface area contributed by atoms with Crippen molar-refractivity contribution in [2.24, 2.45) is 15.3 Å². The second kappa shape index (κ2) is 18.2. The first-order valence-electron chi connectivity index (χ1n) is 13.8. The summed E-state index contributed by atoms with van der Waals surface area (Å²) in [6.07, 6.45) is 0. The highest BCUT2D eigenvalue weighted by Crippen LogP contribution is 2.36. The standard InChI is InChI=1S/C27H27ClN6O14S4/c1-2-50(40,41)12-10-29-27(38)30-22-14-19(52(44,45)46)15-23(24(22)35)32-34-25(16-3-6-18(7-4-16)51(42,43)11-9-28)33-31-21-13-17(49-48-47-39)5-8-20(21)26(36)37/h2-8,13-15,32,35,39H,1,9-12H2,(H,36,37)(H2,29,30,38)(H,44,45,46). The number of azo groups is 1. The average Bonchev–Trinajstić information content (AvgIpc) is 3.08. The van der Waals surface area contributed by atoms with Crippen molar-refractivity contribution in [3.63, 3.8) is 0 Å². The van der Waals surface area contributed by atoms with Crippen molar-refractivity contribution in [2.45, 2.75) is 14.7 Å². The van der Waals surface area contributed by atoms with Crippen molar-refractivity contribution < 1.29 is 64.2 Å². The molecule has 52 heavy (non-hydrogen) atoms. The number of phenolic OH excluding ortho intramolecular Hbond substituents is 1. The predicted octanol–water partition coefficient (Wildman–Crippen LogP) is 4.02. The minimum Gasteiger partial charge on any atom is -0.504 e. The third-order valence-electron chi connectivity index (χ3n) is 6.27. The molecule has 3 aromatic carbocycles. The zero-order valence-corrected chi connectivity index (χ0v) is 30.1. The maximum absolute atomic E-state index is 12.5. The van der Waals surface area contributed by atoms with Crippen LogP contribution in [0, 0.1) is 0 Å². The molecule has 3 aromatic rings. The van der Waals surface area contributed by atoms with Crippen molar-refractivity contribution in [3.8, 4) is 5.75 Å². The van der Waals surface area contributed by atoms with Crippen LogP contribution in [-0.4, -0.2) is 87.0 Å². The zero-order valence-electron chi connectivity index (χ0n) is 26.0. The van der Waals surface area contributed by atoms with E-state index in [9.17, 15) is 49.6 Å². The monoisotopic (exact) mass is 822 g/mol. The number of amides is 2. The lowest BCUT2D eigenvalue weighted by molar-refractivity contribution is -0.432. The van der Waals surface area contributed by atoms with Gasteiger partial charge in [-0.3, -0.25) is 9.98 Å². The molecule has 0 saturated carbocycles. The van der Waals surface area contributed by atoms with Gasteiger partial charge in [0.25, 0.3) is 10.1 Å². The average molecular weight is 823 g/mol. The number of anilines is 2. The number of carbonyl (C=O) groups is 2. The molecule has 0 saturated heterocycles. The van der Waals surface area contributed by atoms with Gasteiger partial charge in [-0.25, -0.2) is 31.7 Å². The number of sulfone groups is 2.